The molecule has 2 rings (SSSR count). The van der Waals surface area contributed by atoms with Crippen molar-refractivity contribution >= 4 is 11.8 Å². The number of piperidine rings is 1. The van der Waals surface area contributed by atoms with E-state index in [0.717, 1.165) is 19.3 Å². The first-order chi connectivity index (χ1) is 11.5. The van der Waals surface area contributed by atoms with E-state index in [1.165, 1.54) is 0 Å². The molecule has 1 aliphatic rings. The van der Waals surface area contributed by atoms with E-state index in [-0.39, 0.29) is 24.5 Å². The smallest absolute Gasteiger partial charge is 0.254 e. The Hall–Kier alpha value is -1.88. The molecule has 2 unspecified atom stereocenters. The highest BCUT2D eigenvalue weighted by molar-refractivity contribution is 5.97. The van der Waals surface area contributed by atoms with Crippen LogP contribution in [0.2, 0.25) is 0 Å². The number of nitrogens with one attached hydrogen (secondary N) is 1. The van der Waals surface area contributed by atoms with Gasteiger partial charge in [0.1, 0.15) is 6.04 Å². The SMILES string of the molecule is CC(C)CC(CO)NC(=O)C1CCCCN1C(=O)c1ccccc1. The highest BCUT2D eigenvalue weighted by Crippen LogP contribution is 2.20. The van der Waals surface area contributed by atoms with Crippen molar-refractivity contribution in [2.24, 2.45) is 5.92 Å². The number of hydrogen-bond acceptors (Lipinski definition) is 3. The van der Waals surface area contributed by atoms with Crippen molar-refractivity contribution in [1.29, 1.82) is 0 Å². The minimum absolute atomic E-state index is 0.0801. The lowest BCUT2D eigenvalue weighted by atomic mass is 9.98. The fourth-order valence-electron chi connectivity index (χ4n) is 3.24. The van der Waals surface area contributed by atoms with Crippen molar-refractivity contribution < 1.29 is 14.7 Å². The molecule has 0 bridgehead atoms. The van der Waals surface area contributed by atoms with Gasteiger partial charge in [-0.15, -0.1) is 0 Å². The van der Waals surface area contributed by atoms with Crippen LogP contribution < -0.4 is 5.32 Å². The lowest BCUT2D eigenvalue weighted by Gasteiger charge is -2.35. The fraction of sp³-hybridized carbons (Fsp3) is 0.579. The van der Waals surface area contributed by atoms with Gasteiger partial charge in [0.15, 0.2) is 0 Å². The second-order valence-electron chi connectivity index (χ2n) is 6.89. The summed E-state index contributed by atoms with van der Waals surface area (Å²) in [6, 6.07) is 8.38. The summed E-state index contributed by atoms with van der Waals surface area (Å²) in [5, 5.41) is 12.4. The van der Waals surface area contributed by atoms with Crippen molar-refractivity contribution in [1.82, 2.24) is 10.2 Å². The van der Waals surface area contributed by atoms with Gasteiger partial charge in [-0.25, -0.2) is 0 Å². The first-order valence-corrected chi connectivity index (χ1v) is 8.80. The molecule has 0 radical (unpaired) electrons. The largest absolute Gasteiger partial charge is 0.394 e. The Kier molecular flexibility index (Phi) is 6.79. The minimum Gasteiger partial charge on any atom is -0.394 e. The summed E-state index contributed by atoms with van der Waals surface area (Å²) < 4.78 is 0. The average Bonchev–Trinajstić information content (AvgIpc) is 2.60. The lowest BCUT2D eigenvalue weighted by molar-refractivity contribution is -0.127. The van der Waals surface area contributed by atoms with Crippen LogP contribution in [0.1, 0.15) is 49.9 Å². The van der Waals surface area contributed by atoms with E-state index in [0.29, 0.717) is 24.4 Å². The summed E-state index contributed by atoms with van der Waals surface area (Å²) in [7, 11) is 0. The number of likely N-dealkylation sites (tertiary alicyclic amines) is 1. The number of benzene rings is 1. The quantitative estimate of drug-likeness (QED) is 0.839. The number of rotatable bonds is 6. The Morgan fingerprint density at radius 2 is 1.96 bits per heavy atom. The van der Waals surface area contributed by atoms with Crippen molar-refractivity contribution in [2.75, 3.05) is 13.2 Å². The molecule has 1 fully saturated rings. The summed E-state index contributed by atoms with van der Waals surface area (Å²) in [5.74, 6) is 0.134. The van der Waals surface area contributed by atoms with Gasteiger partial charge in [-0.05, 0) is 43.7 Å². The molecule has 5 heteroatoms. The molecule has 1 heterocycles. The summed E-state index contributed by atoms with van der Waals surface area (Å²) in [6.45, 7) is 4.63. The van der Waals surface area contributed by atoms with Crippen LogP contribution in [-0.2, 0) is 4.79 Å². The van der Waals surface area contributed by atoms with E-state index >= 15 is 0 Å². The van der Waals surface area contributed by atoms with E-state index in [1.807, 2.05) is 18.2 Å². The molecular formula is C19H28N2O3. The van der Waals surface area contributed by atoms with E-state index < -0.39 is 6.04 Å². The van der Waals surface area contributed by atoms with Crippen molar-refractivity contribution in [3.05, 3.63) is 35.9 Å². The highest BCUT2D eigenvalue weighted by Gasteiger charge is 2.33. The molecule has 0 spiro atoms. The average molecular weight is 332 g/mol. The molecule has 0 saturated carbocycles. The maximum absolute atomic E-state index is 12.7. The molecule has 5 nitrogen and oxygen atoms in total. The zero-order chi connectivity index (χ0) is 17.5. The number of aliphatic hydroxyl groups is 1. The number of amides is 2. The lowest BCUT2D eigenvalue weighted by Crippen LogP contribution is -2.54. The zero-order valence-corrected chi connectivity index (χ0v) is 14.6. The number of carbonyl (C=O) groups is 2. The molecule has 0 aliphatic carbocycles. The summed E-state index contributed by atoms with van der Waals surface area (Å²) in [4.78, 5) is 27.1. The molecular weight excluding hydrogens is 304 g/mol. The third kappa shape index (κ3) is 4.81. The van der Waals surface area contributed by atoms with Gasteiger partial charge < -0.3 is 15.3 Å². The Bertz CT molecular complexity index is 545. The monoisotopic (exact) mass is 332 g/mol. The van der Waals surface area contributed by atoms with Crippen molar-refractivity contribution in [3.63, 3.8) is 0 Å². The normalized spacial score (nSPS) is 19.2. The van der Waals surface area contributed by atoms with Gasteiger partial charge in [-0.2, -0.15) is 0 Å². The Morgan fingerprint density at radius 1 is 1.25 bits per heavy atom. The zero-order valence-electron chi connectivity index (χ0n) is 14.6. The molecule has 1 aromatic carbocycles. The summed E-state index contributed by atoms with van der Waals surface area (Å²) >= 11 is 0. The predicted molar refractivity (Wildman–Crippen MR) is 93.6 cm³/mol. The second-order valence-corrected chi connectivity index (χ2v) is 6.89. The van der Waals surface area contributed by atoms with Crippen LogP contribution in [0.3, 0.4) is 0 Å². The molecule has 1 aliphatic heterocycles. The third-order valence-electron chi connectivity index (χ3n) is 4.41. The van der Waals surface area contributed by atoms with Crippen LogP contribution in [0.5, 0.6) is 0 Å². The van der Waals surface area contributed by atoms with Crippen LogP contribution in [0.15, 0.2) is 30.3 Å². The number of carbonyl (C=O) groups excluding carboxylic acids is 2. The Balaban J connectivity index is 2.08. The number of nitrogens with zero attached hydrogens (tertiary/aromatic N) is 1. The third-order valence-corrected chi connectivity index (χ3v) is 4.41. The predicted octanol–water partition coefficient (Wildman–Crippen LogP) is 2.20. The van der Waals surface area contributed by atoms with E-state index in [4.69, 9.17) is 0 Å². The molecule has 0 aromatic heterocycles. The van der Waals surface area contributed by atoms with Gasteiger partial charge in [-0.3, -0.25) is 9.59 Å². The number of hydrogen-bond donors (Lipinski definition) is 2. The van der Waals surface area contributed by atoms with Crippen LogP contribution in [0, 0.1) is 5.92 Å². The highest BCUT2D eigenvalue weighted by atomic mass is 16.3. The molecule has 132 valence electrons. The summed E-state index contributed by atoms with van der Waals surface area (Å²) in [6.07, 6.45) is 3.24. The van der Waals surface area contributed by atoms with E-state index in [2.05, 4.69) is 19.2 Å². The standard InChI is InChI=1S/C19H28N2O3/c1-14(2)12-16(13-22)20-18(23)17-10-6-7-11-21(17)19(24)15-8-4-3-5-9-15/h3-5,8-9,14,16-17,22H,6-7,10-13H2,1-2H3,(H,20,23). The Morgan fingerprint density at radius 3 is 2.58 bits per heavy atom. The van der Waals surface area contributed by atoms with Gasteiger partial charge >= 0.3 is 0 Å². The fourth-order valence-corrected chi connectivity index (χ4v) is 3.24. The van der Waals surface area contributed by atoms with E-state index in [9.17, 15) is 14.7 Å². The maximum atomic E-state index is 12.7. The van der Waals surface area contributed by atoms with Crippen LogP contribution in [0.25, 0.3) is 0 Å². The first-order valence-electron chi connectivity index (χ1n) is 8.80. The molecule has 2 amide bonds. The van der Waals surface area contributed by atoms with Gasteiger partial charge in [0.05, 0.1) is 12.6 Å². The second kappa shape index (κ2) is 8.83. The van der Waals surface area contributed by atoms with Crippen molar-refractivity contribution in [3.8, 4) is 0 Å². The van der Waals surface area contributed by atoms with Crippen molar-refractivity contribution in [2.45, 2.75) is 51.6 Å². The van der Waals surface area contributed by atoms with Gasteiger partial charge in [-0.1, -0.05) is 32.0 Å². The van der Waals surface area contributed by atoms with Crippen LogP contribution in [-0.4, -0.2) is 47.1 Å². The van der Waals surface area contributed by atoms with Gasteiger partial charge in [0.2, 0.25) is 5.91 Å². The maximum Gasteiger partial charge on any atom is 0.254 e. The Labute approximate surface area is 144 Å². The topological polar surface area (TPSA) is 69.6 Å². The number of aliphatic hydroxyl groups excluding tert-OH is 1. The van der Waals surface area contributed by atoms with Crippen LogP contribution >= 0.6 is 0 Å². The molecule has 2 atom stereocenters. The van der Waals surface area contributed by atoms with E-state index in [1.54, 1.807) is 17.0 Å². The molecule has 1 aromatic rings. The summed E-state index contributed by atoms with van der Waals surface area (Å²) in [5.41, 5.74) is 0.609. The van der Waals surface area contributed by atoms with Gasteiger partial charge in [0, 0.05) is 12.1 Å². The molecule has 1 saturated heterocycles. The first kappa shape index (κ1) is 18.5. The van der Waals surface area contributed by atoms with Crippen LogP contribution in [0.4, 0.5) is 0 Å². The minimum atomic E-state index is -0.451. The van der Waals surface area contributed by atoms with Gasteiger partial charge in [0.25, 0.3) is 5.91 Å². The molecule has 24 heavy (non-hydrogen) atoms. The molecule has 2 N–H and O–H groups in total.